The molecule has 0 aromatic heterocycles. The third kappa shape index (κ3) is 4.98. The number of benzene rings is 1. The SMILES string of the molecule is CC(C)N(CCCBr)C(=O)c1ccc(Br)c(C(F)(F)F)c1. The second-order valence-corrected chi connectivity index (χ2v) is 6.47. The summed E-state index contributed by atoms with van der Waals surface area (Å²) in [5.74, 6) is -0.385. The van der Waals surface area contributed by atoms with Gasteiger partial charge in [0.2, 0.25) is 0 Å². The van der Waals surface area contributed by atoms with E-state index in [0.29, 0.717) is 6.54 Å². The summed E-state index contributed by atoms with van der Waals surface area (Å²) in [5, 5.41) is 0.734. The van der Waals surface area contributed by atoms with Crippen molar-refractivity contribution in [3.63, 3.8) is 0 Å². The molecule has 2 nitrogen and oxygen atoms in total. The maximum Gasteiger partial charge on any atom is 0.417 e. The van der Waals surface area contributed by atoms with Crippen LogP contribution < -0.4 is 0 Å². The highest BCUT2D eigenvalue weighted by atomic mass is 79.9. The Bertz CT molecular complexity index is 503. The molecular formula is C14H16Br2F3NO. The van der Waals surface area contributed by atoms with Crippen molar-refractivity contribution in [1.29, 1.82) is 0 Å². The standard InChI is InChI=1S/C14H16Br2F3NO/c1-9(2)20(7-3-6-15)13(21)10-4-5-12(16)11(8-10)14(17,18)19/h4-5,8-9H,3,6-7H2,1-2H3. The van der Waals surface area contributed by atoms with Gasteiger partial charge in [-0.2, -0.15) is 13.2 Å². The van der Waals surface area contributed by atoms with Crippen LogP contribution in [-0.4, -0.2) is 28.7 Å². The van der Waals surface area contributed by atoms with Gasteiger partial charge in [0.05, 0.1) is 5.56 Å². The van der Waals surface area contributed by atoms with Crippen molar-refractivity contribution >= 4 is 37.8 Å². The Hall–Kier alpha value is -0.560. The van der Waals surface area contributed by atoms with E-state index >= 15 is 0 Å². The third-order valence-electron chi connectivity index (χ3n) is 2.94. The zero-order chi connectivity index (χ0) is 16.2. The normalized spacial score (nSPS) is 11.8. The van der Waals surface area contributed by atoms with Crippen molar-refractivity contribution in [3.05, 3.63) is 33.8 Å². The lowest BCUT2D eigenvalue weighted by Gasteiger charge is -2.27. The molecule has 0 heterocycles. The topological polar surface area (TPSA) is 20.3 Å². The summed E-state index contributed by atoms with van der Waals surface area (Å²) in [6.07, 6.45) is -3.75. The summed E-state index contributed by atoms with van der Waals surface area (Å²) in [5.41, 5.74) is -0.786. The van der Waals surface area contributed by atoms with E-state index in [1.807, 2.05) is 13.8 Å². The third-order valence-corrected chi connectivity index (χ3v) is 4.19. The Balaban J connectivity index is 3.11. The molecule has 1 amide bonds. The lowest BCUT2D eigenvalue weighted by atomic mass is 10.1. The van der Waals surface area contributed by atoms with Crippen LogP contribution in [0.3, 0.4) is 0 Å². The Kier molecular flexibility index (Phi) is 6.71. The van der Waals surface area contributed by atoms with E-state index in [4.69, 9.17) is 0 Å². The molecule has 0 saturated carbocycles. The molecule has 0 aliphatic rings. The highest BCUT2D eigenvalue weighted by Gasteiger charge is 2.34. The zero-order valence-electron chi connectivity index (χ0n) is 11.7. The van der Waals surface area contributed by atoms with E-state index in [-0.39, 0.29) is 22.0 Å². The van der Waals surface area contributed by atoms with Gasteiger partial charge in [-0.1, -0.05) is 31.9 Å². The molecule has 1 aromatic carbocycles. The predicted octanol–water partition coefficient (Wildman–Crippen LogP) is 5.10. The van der Waals surface area contributed by atoms with Crippen molar-refractivity contribution in [2.45, 2.75) is 32.5 Å². The summed E-state index contributed by atoms with van der Waals surface area (Å²) in [7, 11) is 0. The number of nitrogens with zero attached hydrogens (tertiary/aromatic N) is 1. The number of hydrogen-bond acceptors (Lipinski definition) is 1. The lowest BCUT2D eigenvalue weighted by Crippen LogP contribution is -2.38. The molecule has 0 unspecified atom stereocenters. The van der Waals surface area contributed by atoms with Crippen LogP contribution in [-0.2, 0) is 6.18 Å². The Morgan fingerprint density at radius 3 is 2.43 bits per heavy atom. The first-order valence-electron chi connectivity index (χ1n) is 6.42. The first-order chi connectivity index (χ1) is 9.68. The minimum Gasteiger partial charge on any atom is -0.336 e. The molecule has 0 spiro atoms. The number of alkyl halides is 4. The highest BCUT2D eigenvalue weighted by Crippen LogP contribution is 2.35. The van der Waals surface area contributed by atoms with E-state index in [1.165, 1.54) is 12.1 Å². The van der Waals surface area contributed by atoms with Crippen LogP contribution in [0.15, 0.2) is 22.7 Å². The van der Waals surface area contributed by atoms with Crippen LogP contribution in [0.5, 0.6) is 0 Å². The first-order valence-corrected chi connectivity index (χ1v) is 8.33. The van der Waals surface area contributed by atoms with E-state index in [0.717, 1.165) is 17.8 Å². The maximum atomic E-state index is 12.9. The van der Waals surface area contributed by atoms with Crippen molar-refractivity contribution in [3.8, 4) is 0 Å². The second kappa shape index (κ2) is 7.63. The Labute approximate surface area is 139 Å². The molecule has 0 aliphatic heterocycles. The van der Waals surface area contributed by atoms with E-state index in [9.17, 15) is 18.0 Å². The number of hydrogen-bond donors (Lipinski definition) is 0. The van der Waals surface area contributed by atoms with Crippen LogP contribution >= 0.6 is 31.9 Å². The Morgan fingerprint density at radius 2 is 1.95 bits per heavy atom. The van der Waals surface area contributed by atoms with Gasteiger partial charge in [0.1, 0.15) is 0 Å². The molecule has 0 N–H and O–H groups in total. The van der Waals surface area contributed by atoms with Gasteiger partial charge in [-0.05, 0) is 38.5 Å². The molecule has 0 bridgehead atoms. The molecular weight excluding hydrogens is 415 g/mol. The van der Waals surface area contributed by atoms with Crippen LogP contribution in [0.4, 0.5) is 13.2 Å². The van der Waals surface area contributed by atoms with E-state index in [2.05, 4.69) is 31.9 Å². The monoisotopic (exact) mass is 429 g/mol. The lowest BCUT2D eigenvalue weighted by molar-refractivity contribution is -0.138. The van der Waals surface area contributed by atoms with Crippen LogP contribution in [0, 0.1) is 0 Å². The molecule has 1 aromatic rings. The van der Waals surface area contributed by atoms with Gasteiger partial charge < -0.3 is 4.90 Å². The highest BCUT2D eigenvalue weighted by molar-refractivity contribution is 9.10. The van der Waals surface area contributed by atoms with Gasteiger partial charge in [0, 0.05) is 28.0 Å². The molecule has 21 heavy (non-hydrogen) atoms. The quantitative estimate of drug-likeness (QED) is 0.595. The summed E-state index contributed by atoms with van der Waals surface area (Å²) in [4.78, 5) is 14.0. The molecule has 0 saturated heterocycles. The number of carbonyl (C=O) groups excluding carboxylic acids is 1. The van der Waals surface area contributed by atoms with Crippen molar-refractivity contribution in [1.82, 2.24) is 4.90 Å². The van der Waals surface area contributed by atoms with Crippen LogP contribution in [0.25, 0.3) is 0 Å². The number of carbonyl (C=O) groups is 1. The summed E-state index contributed by atoms with van der Waals surface area (Å²) in [6, 6.07) is 3.50. The molecule has 0 fully saturated rings. The number of amides is 1. The van der Waals surface area contributed by atoms with Crippen LogP contribution in [0.1, 0.15) is 36.2 Å². The fraction of sp³-hybridized carbons (Fsp3) is 0.500. The van der Waals surface area contributed by atoms with Gasteiger partial charge in [0.25, 0.3) is 5.91 Å². The average molecular weight is 431 g/mol. The summed E-state index contributed by atoms with van der Waals surface area (Å²) in [6.45, 7) is 4.19. The molecule has 7 heteroatoms. The van der Waals surface area contributed by atoms with Crippen molar-refractivity contribution in [2.24, 2.45) is 0 Å². The summed E-state index contributed by atoms with van der Waals surface area (Å²) >= 11 is 6.16. The van der Waals surface area contributed by atoms with Crippen LogP contribution in [0.2, 0.25) is 0 Å². The number of rotatable bonds is 5. The second-order valence-electron chi connectivity index (χ2n) is 4.83. The molecule has 118 valence electrons. The van der Waals surface area contributed by atoms with Crippen molar-refractivity contribution in [2.75, 3.05) is 11.9 Å². The predicted molar refractivity (Wildman–Crippen MR) is 83.7 cm³/mol. The van der Waals surface area contributed by atoms with Gasteiger partial charge in [-0.15, -0.1) is 0 Å². The number of halogens is 5. The first kappa shape index (κ1) is 18.5. The molecule has 0 aliphatic carbocycles. The van der Waals surface area contributed by atoms with E-state index < -0.39 is 11.7 Å². The van der Waals surface area contributed by atoms with Crippen molar-refractivity contribution < 1.29 is 18.0 Å². The molecule has 0 radical (unpaired) electrons. The Morgan fingerprint density at radius 1 is 1.33 bits per heavy atom. The fourth-order valence-corrected chi connectivity index (χ4v) is 2.59. The molecule has 0 atom stereocenters. The maximum absolute atomic E-state index is 12.9. The van der Waals surface area contributed by atoms with Gasteiger partial charge in [-0.25, -0.2) is 0 Å². The minimum atomic E-state index is -4.49. The summed E-state index contributed by atoms with van der Waals surface area (Å²) < 4.78 is 38.6. The fourth-order valence-electron chi connectivity index (χ4n) is 1.87. The smallest absolute Gasteiger partial charge is 0.336 e. The largest absolute Gasteiger partial charge is 0.417 e. The van der Waals surface area contributed by atoms with Gasteiger partial charge in [0.15, 0.2) is 0 Å². The van der Waals surface area contributed by atoms with Gasteiger partial charge >= 0.3 is 6.18 Å². The molecule has 1 rings (SSSR count). The van der Waals surface area contributed by atoms with E-state index in [1.54, 1.807) is 4.90 Å². The minimum absolute atomic E-state index is 0.0498. The average Bonchev–Trinajstić information content (AvgIpc) is 2.37. The zero-order valence-corrected chi connectivity index (χ0v) is 14.8. The van der Waals surface area contributed by atoms with Gasteiger partial charge in [-0.3, -0.25) is 4.79 Å².